The highest BCUT2D eigenvalue weighted by atomic mass is 19.1. The van der Waals surface area contributed by atoms with Crippen LogP contribution < -0.4 is 5.32 Å². The molecule has 0 saturated heterocycles. The minimum atomic E-state index is -0.190. The van der Waals surface area contributed by atoms with Gasteiger partial charge in [0.15, 0.2) is 0 Å². The Morgan fingerprint density at radius 3 is 2.55 bits per heavy atom. The van der Waals surface area contributed by atoms with Crippen LogP contribution in [0.2, 0.25) is 0 Å². The molecule has 3 aromatic rings. The molecule has 2 nitrogen and oxygen atoms in total. The van der Waals surface area contributed by atoms with Crippen LogP contribution >= 0.6 is 0 Å². The molecule has 0 unspecified atom stereocenters. The van der Waals surface area contributed by atoms with Crippen LogP contribution in [0.25, 0.3) is 10.9 Å². The fraction of sp³-hybridized carbons (Fsp3) is 0.263. The lowest BCUT2D eigenvalue weighted by atomic mass is 10.0. The number of nitrogens with zero attached hydrogens (tertiary/aromatic N) is 1. The number of benzene rings is 2. The molecule has 0 aliphatic carbocycles. The van der Waals surface area contributed by atoms with E-state index in [4.69, 9.17) is 0 Å². The van der Waals surface area contributed by atoms with Crippen molar-refractivity contribution in [2.45, 2.75) is 19.4 Å². The highest BCUT2D eigenvalue weighted by molar-refractivity contribution is 5.83. The van der Waals surface area contributed by atoms with Crippen molar-refractivity contribution in [1.82, 2.24) is 9.88 Å². The maximum absolute atomic E-state index is 13.2. The summed E-state index contributed by atoms with van der Waals surface area (Å²) >= 11 is 0. The molecule has 2 aromatic carbocycles. The number of rotatable bonds is 5. The highest BCUT2D eigenvalue weighted by Gasteiger charge is 2.16. The second-order valence-corrected chi connectivity index (χ2v) is 5.70. The largest absolute Gasteiger partial charge is 0.340 e. The first-order chi connectivity index (χ1) is 10.7. The van der Waals surface area contributed by atoms with Crippen molar-refractivity contribution in [2.24, 2.45) is 0 Å². The first kappa shape index (κ1) is 14.8. The van der Waals surface area contributed by atoms with Gasteiger partial charge in [-0.15, -0.1) is 0 Å². The molecule has 0 amide bonds. The van der Waals surface area contributed by atoms with Crippen LogP contribution in [0, 0.1) is 12.7 Å². The third kappa shape index (κ3) is 2.77. The Kier molecular flexibility index (Phi) is 4.25. The van der Waals surface area contributed by atoms with Gasteiger partial charge >= 0.3 is 0 Å². The average molecular weight is 296 g/mol. The Morgan fingerprint density at radius 1 is 1.09 bits per heavy atom. The predicted octanol–water partition coefficient (Wildman–Crippen LogP) is 4.29. The number of hydrogen-bond acceptors (Lipinski definition) is 1. The Balaban J connectivity index is 2.09. The quantitative estimate of drug-likeness (QED) is 0.743. The molecule has 0 fully saturated rings. The maximum atomic E-state index is 13.2. The van der Waals surface area contributed by atoms with Crippen LogP contribution in [0.15, 0.2) is 54.7 Å². The molecule has 1 heterocycles. The molecule has 22 heavy (non-hydrogen) atoms. The van der Waals surface area contributed by atoms with Gasteiger partial charge in [0.05, 0.1) is 6.04 Å². The predicted molar refractivity (Wildman–Crippen MR) is 89.8 cm³/mol. The number of para-hydroxylation sites is 1. The molecule has 3 rings (SSSR count). The lowest BCUT2D eigenvalue weighted by Crippen LogP contribution is -2.17. The number of halogens is 1. The van der Waals surface area contributed by atoms with Crippen molar-refractivity contribution >= 4 is 10.9 Å². The van der Waals surface area contributed by atoms with Gasteiger partial charge in [0.25, 0.3) is 0 Å². The van der Waals surface area contributed by atoms with E-state index < -0.39 is 0 Å². The van der Waals surface area contributed by atoms with E-state index >= 15 is 0 Å². The molecule has 114 valence electrons. The molecular formula is C19H21FN2. The zero-order valence-corrected chi connectivity index (χ0v) is 13.0. The van der Waals surface area contributed by atoms with Gasteiger partial charge < -0.3 is 9.88 Å². The summed E-state index contributed by atoms with van der Waals surface area (Å²) in [6.07, 6.45) is 3.16. The standard InChI is InChI=1S/C19H21FN2/c1-14-13-22(19-6-4-3-5-17(14)19)18(11-12-21-2)15-7-9-16(20)10-8-15/h3-10,13,18,21H,11-12H2,1-2H3/t18-/m0/s1. The molecule has 0 aliphatic heterocycles. The Labute approximate surface area is 130 Å². The SMILES string of the molecule is CNCC[C@@H](c1ccc(F)cc1)n1cc(C)c2ccccc21. The van der Waals surface area contributed by atoms with Crippen LogP contribution in [-0.2, 0) is 0 Å². The van der Waals surface area contributed by atoms with Gasteiger partial charge in [-0.1, -0.05) is 30.3 Å². The van der Waals surface area contributed by atoms with Gasteiger partial charge in [0.1, 0.15) is 5.82 Å². The van der Waals surface area contributed by atoms with Crippen LogP contribution in [0.1, 0.15) is 23.6 Å². The van der Waals surface area contributed by atoms with E-state index in [0.29, 0.717) is 0 Å². The topological polar surface area (TPSA) is 17.0 Å². The van der Waals surface area contributed by atoms with Gasteiger partial charge in [0, 0.05) is 17.1 Å². The van der Waals surface area contributed by atoms with Gasteiger partial charge in [-0.2, -0.15) is 0 Å². The third-order valence-corrected chi connectivity index (χ3v) is 4.20. The summed E-state index contributed by atoms with van der Waals surface area (Å²) in [6, 6.07) is 15.5. The minimum Gasteiger partial charge on any atom is -0.340 e. The van der Waals surface area contributed by atoms with E-state index in [2.05, 4.69) is 47.3 Å². The summed E-state index contributed by atoms with van der Waals surface area (Å²) < 4.78 is 15.6. The third-order valence-electron chi connectivity index (χ3n) is 4.20. The summed E-state index contributed by atoms with van der Waals surface area (Å²) in [5.74, 6) is -0.190. The van der Waals surface area contributed by atoms with E-state index in [1.807, 2.05) is 19.2 Å². The summed E-state index contributed by atoms with van der Waals surface area (Å²) in [6.45, 7) is 3.05. The number of aryl methyl sites for hydroxylation is 1. The smallest absolute Gasteiger partial charge is 0.123 e. The van der Waals surface area contributed by atoms with E-state index in [1.165, 1.54) is 16.5 Å². The van der Waals surface area contributed by atoms with E-state index in [-0.39, 0.29) is 11.9 Å². The fourth-order valence-electron chi connectivity index (χ4n) is 3.07. The summed E-state index contributed by atoms with van der Waals surface area (Å²) in [5.41, 5.74) is 3.63. The molecule has 0 spiro atoms. The lowest BCUT2D eigenvalue weighted by Gasteiger charge is -2.21. The monoisotopic (exact) mass is 296 g/mol. The van der Waals surface area contributed by atoms with Crippen LogP contribution in [0.5, 0.6) is 0 Å². The number of fused-ring (bicyclic) bond motifs is 1. The van der Waals surface area contributed by atoms with Crippen molar-refractivity contribution in [3.8, 4) is 0 Å². The summed E-state index contributed by atoms with van der Waals surface area (Å²) in [5, 5.41) is 4.49. The normalized spacial score (nSPS) is 12.7. The number of nitrogens with one attached hydrogen (secondary N) is 1. The Morgan fingerprint density at radius 2 is 1.82 bits per heavy atom. The van der Waals surface area contributed by atoms with Crippen molar-refractivity contribution in [2.75, 3.05) is 13.6 Å². The molecule has 1 atom stereocenters. The van der Waals surface area contributed by atoms with Crippen LogP contribution in [-0.4, -0.2) is 18.2 Å². The summed E-state index contributed by atoms with van der Waals surface area (Å²) in [4.78, 5) is 0. The van der Waals surface area contributed by atoms with Gasteiger partial charge in [-0.25, -0.2) is 4.39 Å². The lowest BCUT2D eigenvalue weighted by molar-refractivity contribution is 0.537. The van der Waals surface area contributed by atoms with Crippen molar-refractivity contribution in [3.05, 3.63) is 71.7 Å². The van der Waals surface area contributed by atoms with Crippen molar-refractivity contribution in [3.63, 3.8) is 0 Å². The second kappa shape index (κ2) is 6.32. The van der Waals surface area contributed by atoms with Crippen LogP contribution in [0.4, 0.5) is 4.39 Å². The molecule has 0 radical (unpaired) electrons. The zero-order chi connectivity index (χ0) is 15.5. The van der Waals surface area contributed by atoms with Gasteiger partial charge in [-0.3, -0.25) is 0 Å². The molecule has 1 N–H and O–H groups in total. The Hall–Kier alpha value is -2.13. The number of hydrogen-bond donors (Lipinski definition) is 1. The van der Waals surface area contributed by atoms with Crippen molar-refractivity contribution in [1.29, 1.82) is 0 Å². The highest BCUT2D eigenvalue weighted by Crippen LogP contribution is 2.29. The van der Waals surface area contributed by atoms with E-state index in [9.17, 15) is 4.39 Å². The first-order valence-corrected chi connectivity index (χ1v) is 7.67. The van der Waals surface area contributed by atoms with E-state index in [1.54, 1.807) is 12.1 Å². The molecule has 0 bridgehead atoms. The molecule has 3 heteroatoms. The average Bonchev–Trinajstić information content (AvgIpc) is 2.87. The fourth-order valence-corrected chi connectivity index (χ4v) is 3.07. The molecule has 0 saturated carbocycles. The van der Waals surface area contributed by atoms with Crippen molar-refractivity contribution < 1.29 is 4.39 Å². The van der Waals surface area contributed by atoms with Gasteiger partial charge in [0.2, 0.25) is 0 Å². The molecule has 1 aromatic heterocycles. The van der Waals surface area contributed by atoms with Gasteiger partial charge in [-0.05, 0) is 56.3 Å². The Bertz CT molecular complexity index is 759. The first-order valence-electron chi connectivity index (χ1n) is 7.67. The second-order valence-electron chi connectivity index (χ2n) is 5.70. The number of aromatic nitrogens is 1. The molecule has 0 aliphatic rings. The summed E-state index contributed by atoms with van der Waals surface area (Å²) in [7, 11) is 1.96. The molecular weight excluding hydrogens is 275 g/mol. The van der Waals surface area contributed by atoms with Crippen LogP contribution in [0.3, 0.4) is 0 Å². The zero-order valence-electron chi connectivity index (χ0n) is 13.0. The van der Waals surface area contributed by atoms with E-state index in [0.717, 1.165) is 18.5 Å². The minimum absolute atomic E-state index is 0.190. The maximum Gasteiger partial charge on any atom is 0.123 e.